The quantitative estimate of drug-likeness (QED) is 0.751. The van der Waals surface area contributed by atoms with E-state index in [-0.39, 0.29) is 5.82 Å². The van der Waals surface area contributed by atoms with E-state index in [1.807, 2.05) is 6.92 Å². The summed E-state index contributed by atoms with van der Waals surface area (Å²) in [5, 5.41) is 6.62. The van der Waals surface area contributed by atoms with Gasteiger partial charge in [-0.2, -0.15) is 0 Å². The lowest BCUT2D eigenvalue weighted by atomic mass is 10.1. The molecule has 1 aliphatic rings. The minimum Gasteiger partial charge on any atom is -0.381 e. The Hall–Kier alpha value is -1.09. The zero-order valence-electron chi connectivity index (χ0n) is 8.31. The van der Waals surface area contributed by atoms with Crippen molar-refractivity contribution in [1.82, 2.24) is 5.32 Å². The molecule has 1 aliphatic heterocycles. The Morgan fingerprint density at radius 3 is 3.07 bits per heavy atom. The van der Waals surface area contributed by atoms with Crippen molar-refractivity contribution >= 4 is 5.69 Å². The normalized spacial score (nSPS) is 21.1. The van der Waals surface area contributed by atoms with Crippen LogP contribution in [0.5, 0.6) is 0 Å². The van der Waals surface area contributed by atoms with Gasteiger partial charge in [0.1, 0.15) is 5.82 Å². The summed E-state index contributed by atoms with van der Waals surface area (Å²) in [6, 6.07) is 5.30. The summed E-state index contributed by atoms with van der Waals surface area (Å²) in [4.78, 5) is 0. The maximum Gasteiger partial charge on any atom is 0.125 e. The van der Waals surface area contributed by atoms with E-state index in [2.05, 4.69) is 10.6 Å². The highest BCUT2D eigenvalue weighted by Gasteiger charge is 2.14. The average Bonchev–Trinajstić information content (AvgIpc) is 2.64. The van der Waals surface area contributed by atoms with Crippen LogP contribution < -0.4 is 10.6 Å². The summed E-state index contributed by atoms with van der Waals surface area (Å²) in [6.45, 7) is 4.01. The monoisotopic (exact) mass is 194 g/mol. The molecule has 3 heteroatoms. The van der Waals surface area contributed by atoms with Gasteiger partial charge in [-0.1, -0.05) is 6.07 Å². The lowest BCUT2D eigenvalue weighted by Gasteiger charge is -2.14. The molecule has 1 aromatic rings. The van der Waals surface area contributed by atoms with Crippen molar-refractivity contribution in [3.63, 3.8) is 0 Å². The molecule has 0 aliphatic carbocycles. The van der Waals surface area contributed by atoms with E-state index >= 15 is 0 Å². The molecule has 2 nitrogen and oxygen atoms in total. The lowest BCUT2D eigenvalue weighted by molar-refractivity contribution is 0.627. The van der Waals surface area contributed by atoms with Crippen molar-refractivity contribution in [1.29, 1.82) is 0 Å². The molecule has 76 valence electrons. The van der Waals surface area contributed by atoms with Crippen molar-refractivity contribution in [3.05, 3.63) is 29.6 Å². The van der Waals surface area contributed by atoms with E-state index < -0.39 is 0 Å². The van der Waals surface area contributed by atoms with Crippen molar-refractivity contribution in [2.45, 2.75) is 19.4 Å². The summed E-state index contributed by atoms with van der Waals surface area (Å²) >= 11 is 0. The second kappa shape index (κ2) is 3.96. The molecule has 1 aromatic carbocycles. The van der Waals surface area contributed by atoms with E-state index in [0.717, 1.165) is 30.8 Å². The summed E-state index contributed by atoms with van der Waals surface area (Å²) in [7, 11) is 0. The molecule has 1 atom stereocenters. The van der Waals surface area contributed by atoms with Crippen molar-refractivity contribution in [3.8, 4) is 0 Å². The van der Waals surface area contributed by atoms with Gasteiger partial charge < -0.3 is 10.6 Å². The molecule has 14 heavy (non-hydrogen) atoms. The van der Waals surface area contributed by atoms with Crippen LogP contribution in [0.4, 0.5) is 10.1 Å². The Labute approximate surface area is 83.5 Å². The molecule has 0 aromatic heterocycles. The summed E-state index contributed by atoms with van der Waals surface area (Å²) in [5.74, 6) is -0.177. The van der Waals surface area contributed by atoms with Gasteiger partial charge in [0.05, 0.1) is 0 Å². The molecule has 1 saturated heterocycles. The third-order valence-corrected chi connectivity index (χ3v) is 2.62. The molecule has 1 unspecified atom stereocenters. The van der Waals surface area contributed by atoms with Gasteiger partial charge in [-0.25, -0.2) is 4.39 Å². The van der Waals surface area contributed by atoms with Crippen LogP contribution >= 0.6 is 0 Å². The van der Waals surface area contributed by atoms with Crippen LogP contribution in [0.3, 0.4) is 0 Å². The molecule has 0 saturated carbocycles. The van der Waals surface area contributed by atoms with Gasteiger partial charge in [-0.3, -0.25) is 0 Å². The summed E-state index contributed by atoms with van der Waals surface area (Å²) in [6.07, 6.45) is 1.11. The standard InChI is InChI=1S/C11H15FN2/c1-8-2-3-9(12)6-11(8)14-10-4-5-13-7-10/h2-3,6,10,13-14H,4-5,7H2,1H3. The molecule has 1 fully saturated rings. The Morgan fingerprint density at radius 2 is 2.36 bits per heavy atom. The Morgan fingerprint density at radius 1 is 1.50 bits per heavy atom. The van der Waals surface area contributed by atoms with Gasteiger partial charge >= 0.3 is 0 Å². The van der Waals surface area contributed by atoms with Crippen molar-refractivity contribution in [2.24, 2.45) is 0 Å². The van der Waals surface area contributed by atoms with E-state index in [4.69, 9.17) is 0 Å². The summed E-state index contributed by atoms with van der Waals surface area (Å²) in [5.41, 5.74) is 2.01. The highest BCUT2D eigenvalue weighted by atomic mass is 19.1. The molecule has 0 spiro atoms. The average molecular weight is 194 g/mol. The van der Waals surface area contributed by atoms with E-state index in [1.54, 1.807) is 12.1 Å². The van der Waals surface area contributed by atoms with Crippen LogP contribution in [0.1, 0.15) is 12.0 Å². The molecular weight excluding hydrogens is 179 g/mol. The minimum absolute atomic E-state index is 0.177. The first kappa shape index (κ1) is 9.46. The third-order valence-electron chi connectivity index (χ3n) is 2.62. The van der Waals surface area contributed by atoms with Gasteiger partial charge in [0, 0.05) is 18.3 Å². The number of rotatable bonds is 2. The van der Waals surface area contributed by atoms with Gasteiger partial charge in [-0.05, 0) is 37.6 Å². The van der Waals surface area contributed by atoms with Crippen LogP contribution in [-0.2, 0) is 0 Å². The number of hydrogen-bond donors (Lipinski definition) is 2. The van der Waals surface area contributed by atoms with Crippen LogP contribution in [0, 0.1) is 12.7 Å². The minimum atomic E-state index is -0.177. The molecule has 0 bridgehead atoms. The van der Waals surface area contributed by atoms with Gasteiger partial charge in [0.2, 0.25) is 0 Å². The first-order valence-corrected chi connectivity index (χ1v) is 4.99. The van der Waals surface area contributed by atoms with Crippen molar-refractivity contribution in [2.75, 3.05) is 18.4 Å². The number of benzene rings is 1. The first-order valence-electron chi connectivity index (χ1n) is 4.99. The highest BCUT2D eigenvalue weighted by Crippen LogP contribution is 2.18. The number of aryl methyl sites for hydroxylation is 1. The number of nitrogens with one attached hydrogen (secondary N) is 2. The zero-order chi connectivity index (χ0) is 9.97. The molecular formula is C11H15FN2. The fourth-order valence-electron chi connectivity index (χ4n) is 1.75. The molecule has 2 N–H and O–H groups in total. The number of anilines is 1. The van der Waals surface area contributed by atoms with Gasteiger partial charge in [0.15, 0.2) is 0 Å². The SMILES string of the molecule is Cc1ccc(F)cc1NC1CCNC1. The Balaban J connectivity index is 2.10. The fourth-order valence-corrected chi connectivity index (χ4v) is 1.75. The molecule has 1 heterocycles. The van der Waals surface area contributed by atoms with E-state index in [1.165, 1.54) is 6.07 Å². The smallest absolute Gasteiger partial charge is 0.125 e. The maximum absolute atomic E-state index is 13.0. The molecule has 2 rings (SSSR count). The number of hydrogen-bond acceptors (Lipinski definition) is 2. The fraction of sp³-hybridized carbons (Fsp3) is 0.455. The molecule has 0 radical (unpaired) electrons. The lowest BCUT2D eigenvalue weighted by Crippen LogP contribution is -2.22. The zero-order valence-corrected chi connectivity index (χ0v) is 8.31. The van der Waals surface area contributed by atoms with Crippen LogP contribution in [-0.4, -0.2) is 19.1 Å². The van der Waals surface area contributed by atoms with E-state index in [0.29, 0.717) is 6.04 Å². The van der Waals surface area contributed by atoms with Crippen molar-refractivity contribution < 1.29 is 4.39 Å². The third kappa shape index (κ3) is 2.04. The van der Waals surface area contributed by atoms with Crippen LogP contribution in [0.15, 0.2) is 18.2 Å². The predicted octanol–water partition coefficient (Wildman–Crippen LogP) is 1.91. The molecule has 0 amide bonds. The van der Waals surface area contributed by atoms with E-state index in [9.17, 15) is 4.39 Å². The second-order valence-electron chi connectivity index (χ2n) is 3.79. The summed E-state index contributed by atoms with van der Waals surface area (Å²) < 4.78 is 13.0. The van der Waals surface area contributed by atoms with Gasteiger partial charge in [-0.15, -0.1) is 0 Å². The predicted molar refractivity (Wildman–Crippen MR) is 56.0 cm³/mol. The largest absolute Gasteiger partial charge is 0.381 e. The first-order chi connectivity index (χ1) is 6.75. The van der Waals surface area contributed by atoms with Gasteiger partial charge in [0.25, 0.3) is 0 Å². The topological polar surface area (TPSA) is 24.1 Å². The Kier molecular flexibility index (Phi) is 2.68. The van der Waals surface area contributed by atoms with Crippen LogP contribution in [0.25, 0.3) is 0 Å². The second-order valence-corrected chi connectivity index (χ2v) is 3.79. The maximum atomic E-state index is 13.0. The van der Waals surface area contributed by atoms with Crippen LogP contribution in [0.2, 0.25) is 0 Å². The Bertz CT molecular complexity index is 319. The highest BCUT2D eigenvalue weighted by molar-refractivity contribution is 5.51. The number of halogens is 1.